The predicted molar refractivity (Wildman–Crippen MR) is 40.3 cm³/mol. The number of unbranched alkanes of at least 4 members (excludes halogenated alkanes) is 1. The molecule has 0 saturated heterocycles. The quantitative estimate of drug-likeness (QED) is 0.418. The zero-order chi connectivity index (χ0) is 7.11. The van der Waals surface area contributed by atoms with Crippen molar-refractivity contribution in [1.82, 2.24) is 0 Å². The van der Waals surface area contributed by atoms with Gasteiger partial charge in [-0.2, -0.15) is 0 Å². The van der Waals surface area contributed by atoms with Gasteiger partial charge >= 0.3 is 0 Å². The Morgan fingerprint density at radius 3 is 2.67 bits per heavy atom. The summed E-state index contributed by atoms with van der Waals surface area (Å²) in [4.78, 5) is 0. The second kappa shape index (κ2) is 5.67. The van der Waals surface area contributed by atoms with E-state index in [-0.39, 0.29) is 0 Å². The number of ether oxygens (including phenoxy) is 1. The second-order valence-electron chi connectivity index (χ2n) is 2.10. The highest BCUT2D eigenvalue weighted by Gasteiger charge is 1.85. The highest BCUT2D eigenvalue weighted by Crippen LogP contribution is 1.96. The molecule has 0 saturated carbocycles. The number of allylic oxidation sites excluding steroid dienone is 2. The van der Waals surface area contributed by atoms with Crippen LogP contribution in [-0.2, 0) is 4.74 Å². The van der Waals surface area contributed by atoms with E-state index in [9.17, 15) is 0 Å². The highest BCUT2D eigenvalue weighted by molar-refractivity contribution is 4.83. The third-order valence-electron chi connectivity index (χ3n) is 1.23. The van der Waals surface area contributed by atoms with Gasteiger partial charge in [0.25, 0.3) is 0 Å². The first-order valence-electron chi connectivity index (χ1n) is 3.57. The Morgan fingerprint density at radius 2 is 2.22 bits per heavy atom. The van der Waals surface area contributed by atoms with Crippen LogP contribution in [0.25, 0.3) is 0 Å². The zero-order valence-electron chi connectivity index (χ0n) is 6.61. The van der Waals surface area contributed by atoms with Gasteiger partial charge in [-0.1, -0.05) is 19.4 Å². The molecule has 0 amide bonds. The van der Waals surface area contributed by atoms with Crippen LogP contribution in [0, 0.1) is 0 Å². The highest BCUT2D eigenvalue weighted by atomic mass is 16.5. The van der Waals surface area contributed by atoms with Crippen molar-refractivity contribution >= 4 is 0 Å². The van der Waals surface area contributed by atoms with Crippen LogP contribution in [0.1, 0.15) is 33.6 Å². The maximum atomic E-state index is 5.29. The summed E-state index contributed by atoms with van der Waals surface area (Å²) in [7, 11) is 0. The van der Waals surface area contributed by atoms with Gasteiger partial charge in [0.15, 0.2) is 0 Å². The van der Waals surface area contributed by atoms with Crippen LogP contribution in [0.3, 0.4) is 0 Å². The lowest BCUT2D eigenvalue weighted by atomic mass is 10.4. The Balaban J connectivity index is 3.07. The zero-order valence-corrected chi connectivity index (χ0v) is 6.61. The Kier molecular flexibility index (Phi) is 5.38. The Bertz CT molecular complexity index is 84.6. The molecule has 1 nitrogen and oxygen atoms in total. The molecule has 0 aliphatic heterocycles. The lowest BCUT2D eigenvalue weighted by Crippen LogP contribution is -1.90. The fourth-order valence-corrected chi connectivity index (χ4v) is 0.461. The van der Waals surface area contributed by atoms with Crippen LogP contribution in [0.2, 0.25) is 0 Å². The first-order valence-corrected chi connectivity index (χ1v) is 3.57. The van der Waals surface area contributed by atoms with Crippen LogP contribution >= 0.6 is 0 Å². The van der Waals surface area contributed by atoms with Crippen molar-refractivity contribution in [3.8, 4) is 0 Å². The minimum Gasteiger partial charge on any atom is -0.499 e. The molecule has 1 heteroatoms. The normalized spacial score (nSPS) is 11.7. The standard InChI is InChI=1S/C8H16O/c1-4-6-7-9-8(3)5-2/h5H,4,6-7H2,1-3H3/b8-5-. The van der Waals surface area contributed by atoms with Crippen LogP contribution in [0.4, 0.5) is 0 Å². The molecular formula is C8H16O. The van der Waals surface area contributed by atoms with E-state index < -0.39 is 0 Å². The lowest BCUT2D eigenvalue weighted by molar-refractivity contribution is 0.209. The van der Waals surface area contributed by atoms with Crippen molar-refractivity contribution in [2.75, 3.05) is 6.61 Å². The lowest BCUT2D eigenvalue weighted by Gasteiger charge is -2.02. The molecule has 54 valence electrons. The summed E-state index contributed by atoms with van der Waals surface area (Å²) in [6.07, 6.45) is 4.35. The molecule has 0 spiro atoms. The van der Waals surface area contributed by atoms with Gasteiger partial charge in [0, 0.05) is 0 Å². The van der Waals surface area contributed by atoms with E-state index in [1.54, 1.807) is 0 Å². The van der Waals surface area contributed by atoms with Gasteiger partial charge in [-0.05, 0) is 20.3 Å². The number of hydrogen-bond acceptors (Lipinski definition) is 1. The van der Waals surface area contributed by atoms with Gasteiger partial charge in [0.2, 0.25) is 0 Å². The smallest absolute Gasteiger partial charge is 0.0886 e. The summed E-state index contributed by atoms with van der Waals surface area (Å²) < 4.78 is 5.29. The summed E-state index contributed by atoms with van der Waals surface area (Å²) >= 11 is 0. The van der Waals surface area contributed by atoms with Crippen molar-refractivity contribution in [3.05, 3.63) is 11.8 Å². The summed E-state index contributed by atoms with van der Waals surface area (Å²) in [5.74, 6) is 1.03. The van der Waals surface area contributed by atoms with Crippen LogP contribution in [0.15, 0.2) is 11.8 Å². The van der Waals surface area contributed by atoms with Gasteiger partial charge in [-0.15, -0.1) is 0 Å². The van der Waals surface area contributed by atoms with E-state index in [1.165, 1.54) is 6.42 Å². The first kappa shape index (κ1) is 8.54. The van der Waals surface area contributed by atoms with Crippen molar-refractivity contribution in [1.29, 1.82) is 0 Å². The molecule has 0 radical (unpaired) electrons. The monoisotopic (exact) mass is 128 g/mol. The maximum absolute atomic E-state index is 5.29. The molecule has 0 unspecified atom stereocenters. The Morgan fingerprint density at radius 1 is 1.56 bits per heavy atom. The van der Waals surface area contributed by atoms with E-state index in [1.807, 2.05) is 19.9 Å². The molecular weight excluding hydrogens is 112 g/mol. The van der Waals surface area contributed by atoms with Gasteiger partial charge in [0.05, 0.1) is 12.4 Å². The molecule has 0 bridgehead atoms. The Labute approximate surface area is 57.7 Å². The molecule has 0 rings (SSSR count). The van der Waals surface area contributed by atoms with E-state index in [0.29, 0.717) is 0 Å². The summed E-state index contributed by atoms with van der Waals surface area (Å²) in [6.45, 7) is 7.00. The summed E-state index contributed by atoms with van der Waals surface area (Å²) in [6, 6.07) is 0. The first-order chi connectivity index (χ1) is 4.31. The van der Waals surface area contributed by atoms with Crippen LogP contribution in [0.5, 0.6) is 0 Å². The summed E-state index contributed by atoms with van der Waals surface area (Å²) in [5, 5.41) is 0. The third kappa shape index (κ3) is 5.41. The predicted octanol–water partition coefficient (Wildman–Crippen LogP) is 2.73. The van der Waals surface area contributed by atoms with Crippen molar-refractivity contribution in [2.24, 2.45) is 0 Å². The molecule has 0 aliphatic rings. The van der Waals surface area contributed by atoms with Crippen LogP contribution in [-0.4, -0.2) is 6.61 Å². The minimum absolute atomic E-state index is 0.868. The van der Waals surface area contributed by atoms with Gasteiger partial charge in [-0.3, -0.25) is 0 Å². The number of rotatable bonds is 4. The largest absolute Gasteiger partial charge is 0.499 e. The Hall–Kier alpha value is -0.460. The van der Waals surface area contributed by atoms with Gasteiger partial charge in [0.1, 0.15) is 0 Å². The molecule has 0 atom stereocenters. The molecule has 0 aliphatic carbocycles. The SMILES string of the molecule is C/C=C(/C)OCCCC. The fourth-order valence-electron chi connectivity index (χ4n) is 0.461. The van der Waals surface area contributed by atoms with Gasteiger partial charge in [-0.25, -0.2) is 0 Å². The van der Waals surface area contributed by atoms with E-state index >= 15 is 0 Å². The molecule has 0 heterocycles. The second-order valence-corrected chi connectivity index (χ2v) is 2.10. The molecule has 0 aromatic heterocycles. The molecule has 0 aromatic rings. The van der Waals surface area contributed by atoms with Crippen LogP contribution < -0.4 is 0 Å². The molecule has 9 heavy (non-hydrogen) atoms. The van der Waals surface area contributed by atoms with Crippen molar-refractivity contribution in [2.45, 2.75) is 33.6 Å². The molecule has 0 N–H and O–H groups in total. The molecule has 0 fully saturated rings. The van der Waals surface area contributed by atoms with Crippen molar-refractivity contribution in [3.63, 3.8) is 0 Å². The topological polar surface area (TPSA) is 9.23 Å². The average molecular weight is 128 g/mol. The van der Waals surface area contributed by atoms with E-state index in [2.05, 4.69) is 6.92 Å². The minimum atomic E-state index is 0.868. The van der Waals surface area contributed by atoms with E-state index in [0.717, 1.165) is 18.8 Å². The molecule has 0 aromatic carbocycles. The third-order valence-corrected chi connectivity index (χ3v) is 1.23. The average Bonchev–Trinajstić information content (AvgIpc) is 1.89. The van der Waals surface area contributed by atoms with Crippen molar-refractivity contribution < 1.29 is 4.74 Å². The van der Waals surface area contributed by atoms with E-state index in [4.69, 9.17) is 4.74 Å². The fraction of sp³-hybridized carbons (Fsp3) is 0.750. The maximum Gasteiger partial charge on any atom is 0.0886 e. The number of hydrogen-bond donors (Lipinski definition) is 0. The summed E-state index contributed by atoms with van der Waals surface area (Å²) in [5.41, 5.74) is 0. The van der Waals surface area contributed by atoms with Gasteiger partial charge < -0.3 is 4.74 Å².